The lowest BCUT2D eigenvalue weighted by Gasteiger charge is -2.11. The fourth-order valence-corrected chi connectivity index (χ4v) is 3.65. The van der Waals surface area contributed by atoms with Gasteiger partial charge in [0.1, 0.15) is 12.2 Å². The third-order valence-electron chi connectivity index (χ3n) is 4.96. The van der Waals surface area contributed by atoms with Crippen LogP contribution in [0.15, 0.2) is 64.1 Å². The van der Waals surface area contributed by atoms with Crippen LogP contribution in [0.2, 0.25) is 15.1 Å². The van der Waals surface area contributed by atoms with E-state index in [0.717, 1.165) is 0 Å². The van der Waals surface area contributed by atoms with Gasteiger partial charge in [0.15, 0.2) is 5.58 Å². The van der Waals surface area contributed by atoms with E-state index in [1.165, 1.54) is 6.92 Å². The first kappa shape index (κ1) is 24.7. The molecule has 7 nitrogen and oxygen atoms in total. The molecule has 0 aliphatic carbocycles. The van der Waals surface area contributed by atoms with E-state index in [1.807, 2.05) is 0 Å². The summed E-state index contributed by atoms with van der Waals surface area (Å²) in [7, 11) is 0. The first-order valence-corrected chi connectivity index (χ1v) is 11.5. The number of esters is 1. The number of aromatic nitrogens is 1. The number of hydrogen-bond acceptors (Lipinski definition) is 6. The molecule has 178 valence electrons. The highest BCUT2D eigenvalue weighted by atomic mass is 35.5. The fraction of sp³-hybridized carbons (Fsp3) is 0.120. The summed E-state index contributed by atoms with van der Waals surface area (Å²) >= 11 is 18.1. The molecule has 0 radical (unpaired) electrons. The third kappa shape index (κ3) is 5.82. The summed E-state index contributed by atoms with van der Waals surface area (Å²) in [6.07, 6.45) is 1.58. The molecule has 1 N–H and O–H groups in total. The number of carbonyl (C=O) groups is 2. The number of carbonyl (C=O) groups excluding carboxylic acids is 2. The number of halogens is 3. The molecule has 4 rings (SSSR count). The number of nitrogens with zero attached hydrogens (tertiary/aromatic N) is 2. The molecule has 2 aromatic carbocycles. The van der Waals surface area contributed by atoms with Crippen LogP contribution in [0.1, 0.15) is 28.5 Å². The third-order valence-corrected chi connectivity index (χ3v) is 5.95. The van der Waals surface area contributed by atoms with Crippen LogP contribution in [0.25, 0.3) is 11.0 Å². The molecule has 0 fully saturated rings. The Bertz CT molecular complexity index is 1520. The zero-order valence-electron chi connectivity index (χ0n) is 18.6. The summed E-state index contributed by atoms with van der Waals surface area (Å²) in [5.41, 5.74) is 2.70. The average Bonchev–Trinajstić information content (AvgIpc) is 2.82. The maximum absolute atomic E-state index is 13.3. The Balaban J connectivity index is 1.90. The van der Waals surface area contributed by atoms with Gasteiger partial charge in [0, 0.05) is 34.8 Å². The van der Waals surface area contributed by atoms with E-state index in [1.54, 1.807) is 61.7 Å². The Labute approximate surface area is 215 Å². The number of nitrogens with one attached hydrogen (secondary N) is 1. The lowest BCUT2D eigenvalue weighted by molar-refractivity contribution is -0.142. The molecule has 4 aromatic rings. The molecule has 0 atom stereocenters. The van der Waals surface area contributed by atoms with Crippen LogP contribution in [-0.4, -0.2) is 16.9 Å². The van der Waals surface area contributed by atoms with Gasteiger partial charge in [-0.2, -0.15) is 0 Å². The maximum atomic E-state index is 13.3. The molecule has 0 bridgehead atoms. The number of aryl methyl sites for hydroxylation is 1. The monoisotopic (exact) mass is 529 g/mol. The van der Waals surface area contributed by atoms with Gasteiger partial charge in [-0.05, 0) is 55.5 Å². The minimum absolute atomic E-state index is 0.0316. The van der Waals surface area contributed by atoms with Crippen LogP contribution in [0.5, 0.6) is 0 Å². The van der Waals surface area contributed by atoms with Crippen LogP contribution in [0.3, 0.4) is 0 Å². The van der Waals surface area contributed by atoms with Crippen LogP contribution in [-0.2, 0) is 16.1 Å². The van der Waals surface area contributed by atoms with E-state index in [-0.39, 0.29) is 17.7 Å². The van der Waals surface area contributed by atoms with Crippen molar-refractivity contribution in [2.45, 2.75) is 20.5 Å². The normalized spacial score (nSPS) is 11.5. The average molecular weight is 531 g/mol. The fourth-order valence-electron chi connectivity index (χ4n) is 3.23. The predicted octanol–water partition coefficient (Wildman–Crippen LogP) is 6.64. The Morgan fingerprint density at radius 2 is 1.80 bits per heavy atom. The minimum Gasteiger partial charge on any atom is -0.461 e. The molecule has 0 aliphatic rings. The number of rotatable bonds is 5. The van der Waals surface area contributed by atoms with Gasteiger partial charge in [-0.15, -0.1) is 0 Å². The Morgan fingerprint density at radius 1 is 1.06 bits per heavy atom. The summed E-state index contributed by atoms with van der Waals surface area (Å²) in [6.45, 7) is 3.04. The zero-order chi connectivity index (χ0) is 25.1. The molecule has 35 heavy (non-hydrogen) atoms. The quantitative estimate of drug-likeness (QED) is 0.292. The smallest absolute Gasteiger partial charge is 0.302 e. The van der Waals surface area contributed by atoms with Gasteiger partial charge in [-0.25, -0.2) is 4.99 Å². The maximum Gasteiger partial charge on any atom is 0.302 e. The summed E-state index contributed by atoms with van der Waals surface area (Å²) in [5, 5.41) is 4.60. The van der Waals surface area contributed by atoms with Crippen LogP contribution in [0, 0.1) is 6.92 Å². The summed E-state index contributed by atoms with van der Waals surface area (Å²) < 4.78 is 11.2. The lowest BCUT2D eigenvalue weighted by Crippen LogP contribution is -2.22. The van der Waals surface area contributed by atoms with Crippen LogP contribution >= 0.6 is 34.8 Å². The number of pyridine rings is 1. The van der Waals surface area contributed by atoms with E-state index in [0.29, 0.717) is 48.7 Å². The summed E-state index contributed by atoms with van der Waals surface area (Å²) in [6, 6.07) is 13.1. The molecular formula is C25H18Cl3N3O4. The lowest BCUT2D eigenvalue weighted by atomic mass is 10.1. The number of amides is 1. The zero-order valence-corrected chi connectivity index (χ0v) is 20.8. The van der Waals surface area contributed by atoms with E-state index in [4.69, 9.17) is 44.0 Å². The molecular weight excluding hydrogens is 513 g/mol. The molecule has 0 aliphatic heterocycles. The Hall–Kier alpha value is -3.39. The van der Waals surface area contributed by atoms with E-state index in [9.17, 15) is 9.59 Å². The van der Waals surface area contributed by atoms with Gasteiger partial charge in [0.2, 0.25) is 5.55 Å². The Morgan fingerprint density at radius 3 is 2.49 bits per heavy atom. The van der Waals surface area contributed by atoms with Crippen molar-refractivity contribution >= 4 is 69.0 Å². The van der Waals surface area contributed by atoms with Crippen molar-refractivity contribution in [3.05, 3.63) is 92.2 Å². The van der Waals surface area contributed by atoms with Crippen molar-refractivity contribution in [3.8, 4) is 0 Å². The highest BCUT2D eigenvalue weighted by Crippen LogP contribution is 2.27. The molecule has 2 heterocycles. The van der Waals surface area contributed by atoms with E-state index >= 15 is 0 Å². The first-order valence-electron chi connectivity index (χ1n) is 10.3. The van der Waals surface area contributed by atoms with Gasteiger partial charge in [-0.1, -0.05) is 34.8 Å². The van der Waals surface area contributed by atoms with Crippen molar-refractivity contribution in [1.29, 1.82) is 0 Å². The number of hydrogen-bond donors (Lipinski definition) is 1. The molecule has 0 saturated heterocycles. The molecule has 0 spiro atoms. The molecule has 1 amide bonds. The predicted molar refractivity (Wildman–Crippen MR) is 135 cm³/mol. The van der Waals surface area contributed by atoms with Gasteiger partial charge >= 0.3 is 5.97 Å². The topological polar surface area (TPSA) is 93.8 Å². The van der Waals surface area contributed by atoms with Crippen molar-refractivity contribution in [3.63, 3.8) is 0 Å². The SMILES string of the molecule is CC(=O)OCc1cnc(C)c2oc(=Nc3ccc(Cl)c(Cl)c3)c(C(=O)Nc3ccc(Cl)cc3)cc12. The van der Waals surface area contributed by atoms with Gasteiger partial charge in [-0.3, -0.25) is 14.6 Å². The number of ether oxygens (including phenoxy) is 1. The first-order chi connectivity index (χ1) is 16.7. The standard InChI is InChI=1S/C25H18Cl3N3O4/c1-13-23-19(15(11-29-13)12-34-14(2)32)10-20(24(33)30-17-5-3-16(26)4-6-17)25(35-23)31-18-7-8-21(27)22(28)9-18/h3-11H,12H2,1-2H3,(H,30,33). The molecule has 0 unspecified atom stereocenters. The Kier molecular flexibility index (Phi) is 7.40. The van der Waals surface area contributed by atoms with E-state index < -0.39 is 11.9 Å². The van der Waals surface area contributed by atoms with Crippen molar-refractivity contribution in [1.82, 2.24) is 4.98 Å². The highest BCUT2D eigenvalue weighted by molar-refractivity contribution is 6.42. The minimum atomic E-state index is -0.468. The van der Waals surface area contributed by atoms with Gasteiger partial charge in [0.05, 0.1) is 21.4 Å². The van der Waals surface area contributed by atoms with Crippen LogP contribution in [0.4, 0.5) is 11.4 Å². The summed E-state index contributed by atoms with van der Waals surface area (Å²) in [5.74, 6) is -0.910. The number of anilines is 1. The number of fused-ring (bicyclic) bond motifs is 1. The summed E-state index contributed by atoms with van der Waals surface area (Å²) in [4.78, 5) is 33.5. The molecule has 2 aromatic heterocycles. The second-order valence-electron chi connectivity index (χ2n) is 7.53. The van der Waals surface area contributed by atoms with E-state index in [2.05, 4.69) is 15.3 Å². The van der Waals surface area contributed by atoms with Crippen molar-refractivity contribution in [2.75, 3.05) is 5.32 Å². The highest BCUT2D eigenvalue weighted by Gasteiger charge is 2.17. The second kappa shape index (κ2) is 10.5. The van der Waals surface area contributed by atoms with Crippen molar-refractivity contribution in [2.24, 2.45) is 4.99 Å². The molecule has 0 saturated carbocycles. The molecule has 10 heteroatoms. The van der Waals surface area contributed by atoms with Crippen molar-refractivity contribution < 1.29 is 18.7 Å². The van der Waals surface area contributed by atoms with Gasteiger partial charge < -0.3 is 14.5 Å². The second-order valence-corrected chi connectivity index (χ2v) is 8.78. The van der Waals surface area contributed by atoms with Gasteiger partial charge in [0.25, 0.3) is 5.91 Å². The van der Waals surface area contributed by atoms with Crippen LogP contribution < -0.4 is 10.9 Å². The number of benzene rings is 2. The largest absolute Gasteiger partial charge is 0.461 e.